The van der Waals surface area contributed by atoms with Gasteiger partial charge in [-0.2, -0.15) is 0 Å². The number of benzene rings is 2. The van der Waals surface area contributed by atoms with Gasteiger partial charge >= 0.3 is 0 Å². The van der Waals surface area contributed by atoms with Crippen LogP contribution in [0.4, 0.5) is 5.95 Å². The van der Waals surface area contributed by atoms with Crippen molar-refractivity contribution in [3.8, 4) is 5.69 Å². The third-order valence-electron chi connectivity index (χ3n) is 5.61. The second-order valence-corrected chi connectivity index (χ2v) is 8.91. The minimum absolute atomic E-state index is 0.0137. The molecule has 1 fully saturated rings. The van der Waals surface area contributed by atoms with Crippen LogP contribution in [-0.2, 0) is 11.2 Å². The molecule has 0 saturated carbocycles. The molecule has 0 spiro atoms. The molecule has 1 N–H and O–H groups in total. The molecule has 1 aromatic heterocycles. The summed E-state index contributed by atoms with van der Waals surface area (Å²) in [6.45, 7) is 6.80. The second kappa shape index (κ2) is 10.0. The standard InChI is InChI=1S/C24H29N5OS/c1-18-9-11-21(12-10-18)29-23(28-15-5-6-16-28)26-27-24(29)31-17-22(30)25-14-13-20-8-4-3-7-19(20)2/h3-4,7-12H,5-6,13-17H2,1-2H3,(H,25,30). The molecule has 0 radical (unpaired) electrons. The van der Waals surface area contributed by atoms with Crippen molar-refractivity contribution in [2.45, 2.75) is 38.3 Å². The number of hydrogen-bond acceptors (Lipinski definition) is 5. The maximum absolute atomic E-state index is 12.4. The van der Waals surface area contributed by atoms with Crippen molar-refractivity contribution >= 4 is 23.6 Å². The van der Waals surface area contributed by atoms with Gasteiger partial charge in [0.15, 0.2) is 5.16 Å². The van der Waals surface area contributed by atoms with E-state index in [1.807, 2.05) is 12.1 Å². The number of carbonyl (C=O) groups excluding carboxylic acids is 1. The van der Waals surface area contributed by atoms with Gasteiger partial charge in [-0.15, -0.1) is 10.2 Å². The quantitative estimate of drug-likeness (QED) is 0.543. The molecule has 1 aliphatic rings. The SMILES string of the molecule is Cc1ccc(-n2c(SCC(=O)NCCc3ccccc3C)nnc2N2CCCC2)cc1. The van der Waals surface area contributed by atoms with Crippen LogP contribution in [0.2, 0.25) is 0 Å². The fourth-order valence-corrected chi connectivity index (χ4v) is 4.58. The second-order valence-electron chi connectivity index (χ2n) is 7.96. The number of hydrogen-bond donors (Lipinski definition) is 1. The molecule has 3 aromatic rings. The van der Waals surface area contributed by atoms with Crippen LogP contribution >= 0.6 is 11.8 Å². The molecule has 7 heteroatoms. The predicted molar refractivity (Wildman–Crippen MR) is 126 cm³/mol. The first-order valence-corrected chi connectivity index (χ1v) is 11.8. The van der Waals surface area contributed by atoms with E-state index in [1.54, 1.807) is 0 Å². The molecule has 4 rings (SSSR count). The van der Waals surface area contributed by atoms with Gasteiger partial charge in [-0.25, -0.2) is 0 Å². The fourth-order valence-electron chi connectivity index (χ4n) is 3.81. The summed E-state index contributed by atoms with van der Waals surface area (Å²) in [5.74, 6) is 1.20. The molecule has 0 atom stereocenters. The van der Waals surface area contributed by atoms with Gasteiger partial charge in [0, 0.05) is 19.6 Å². The van der Waals surface area contributed by atoms with Gasteiger partial charge in [0.2, 0.25) is 11.9 Å². The molecule has 2 aromatic carbocycles. The van der Waals surface area contributed by atoms with Gasteiger partial charge in [-0.1, -0.05) is 53.7 Å². The number of nitrogens with one attached hydrogen (secondary N) is 1. The van der Waals surface area contributed by atoms with Crippen molar-refractivity contribution in [3.63, 3.8) is 0 Å². The number of amides is 1. The third kappa shape index (κ3) is 5.28. The topological polar surface area (TPSA) is 63.1 Å². The van der Waals surface area contributed by atoms with Gasteiger partial charge in [-0.05, 0) is 56.4 Å². The number of anilines is 1. The molecule has 0 bridgehead atoms. The van der Waals surface area contributed by atoms with Gasteiger partial charge < -0.3 is 10.2 Å². The monoisotopic (exact) mass is 435 g/mol. The van der Waals surface area contributed by atoms with E-state index in [9.17, 15) is 4.79 Å². The lowest BCUT2D eigenvalue weighted by atomic mass is 10.1. The van der Waals surface area contributed by atoms with Crippen LogP contribution in [0.5, 0.6) is 0 Å². The van der Waals surface area contributed by atoms with E-state index in [1.165, 1.54) is 41.3 Å². The van der Waals surface area contributed by atoms with Gasteiger partial charge in [0.1, 0.15) is 0 Å². The summed E-state index contributed by atoms with van der Waals surface area (Å²) in [5.41, 5.74) is 4.76. The zero-order valence-electron chi connectivity index (χ0n) is 18.2. The lowest BCUT2D eigenvalue weighted by Crippen LogP contribution is -2.27. The molecule has 2 heterocycles. The first kappa shape index (κ1) is 21.4. The largest absolute Gasteiger partial charge is 0.355 e. The summed E-state index contributed by atoms with van der Waals surface area (Å²) in [7, 11) is 0. The van der Waals surface area contributed by atoms with Crippen molar-refractivity contribution in [3.05, 3.63) is 65.2 Å². The maximum Gasteiger partial charge on any atom is 0.232 e. The highest BCUT2D eigenvalue weighted by Crippen LogP contribution is 2.28. The maximum atomic E-state index is 12.4. The van der Waals surface area contributed by atoms with E-state index in [-0.39, 0.29) is 5.91 Å². The van der Waals surface area contributed by atoms with Crippen molar-refractivity contribution in [1.82, 2.24) is 20.1 Å². The Morgan fingerprint density at radius 3 is 2.52 bits per heavy atom. The average molecular weight is 436 g/mol. The Morgan fingerprint density at radius 2 is 1.77 bits per heavy atom. The van der Waals surface area contributed by atoms with Crippen LogP contribution in [0, 0.1) is 13.8 Å². The van der Waals surface area contributed by atoms with E-state index in [0.717, 1.165) is 36.3 Å². The number of thioether (sulfide) groups is 1. The first-order chi connectivity index (χ1) is 15.1. The summed E-state index contributed by atoms with van der Waals surface area (Å²) in [6, 6.07) is 16.6. The number of rotatable bonds is 8. The number of aryl methyl sites for hydroxylation is 2. The van der Waals surface area contributed by atoms with Crippen molar-refractivity contribution in [2.24, 2.45) is 0 Å². The highest BCUT2D eigenvalue weighted by Gasteiger charge is 2.22. The van der Waals surface area contributed by atoms with E-state index in [2.05, 4.69) is 75.2 Å². The Kier molecular flexibility index (Phi) is 6.92. The molecule has 1 aliphatic heterocycles. The number of nitrogens with zero attached hydrogens (tertiary/aromatic N) is 4. The Balaban J connectivity index is 1.41. The molecule has 0 aliphatic carbocycles. The zero-order valence-corrected chi connectivity index (χ0v) is 19.0. The van der Waals surface area contributed by atoms with E-state index in [4.69, 9.17) is 0 Å². The fraction of sp³-hybridized carbons (Fsp3) is 0.375. The van der Waals surface area contributed by atoms with Crippen LogP contribution in [0.25, 0.3) is 5.69 Å². The Hall–Kier alpha value is -2.80. The van der Waals surface area contributed by atoms with Gasteiger partial charge in [-0.3, -0.25) is 9.36 Å². The van der Waals surface area contributed by atoms with E-state index >= 15 is 0 Å². The molecular weight excluding hydrogens is 406 g/mol. The summed E-state index contributed by atoms with van der Waals surface area (Å²) in [5, 5.41) is 12.7. The molecule has 6 nitrogen and oxygen atoms in total. The van der Waals surface area contributed by atoms with Crippen LogP contribution in [0.1, 0.15) is 29.5 Å². The number of carbonyl (C=O) groups is 1. The van der Waals surface area contributed by atoms with Crippen LogP contribution in [0.15, 0.2) is 53.7 Å². The Morgan fingerprint density at radius 1 is 1.03 bits per heavy atom. The van der Waals surface area contributed by atoms with Crippen LogP contribution < -0.4 is 10.2 Å². The Bertz CT molecular complexity index is 1020. The summed E-state index contributed by atoms with van der Waals surface area (Å²) >= 11 is 1.43. The van der Waals surface area contributed by atoms with Crippen molar-refractivity contribution in [1.29, 1.82) is 0 Å². The minimum atomic E-state index is 0.0137. The van der Waals surface area contributed by atoms with Crippen LogP contribution in [0.3, 0.4) is 0 Å². The first-order valence-electron chi connectivity index (χ1n) is 10.8. The normalized spacial score (nSPS) is 13.5. The predicted octanol–water partition coefficient (Wildman–Crippen LogP) is 3.94. The highest BCUT2D eigenvalue weighted by atomic mass is 32.2. The zero-order chi connectivity index (χ0) is 21.6. The molecule has 162 valence electrons. The van der Waals surface area contributed by atoms with Crippen molar-refractivity contribution in [2.75, 3.05) is 30.3 Å². The van der Waals surface area contributed by atoms with E-state index in [0.29, 0.717) is 12.3 Å². The van der Waals surface area contributed by atoms with E-state index < -0.39 is 0 Å². The Labute approximate surface area is 188 Å². The van der Waals surface area contributed by atoms with Gasteiger partial charge in [0.05, 0.1) is 11.4 Å². The lowest BCUT2D eigenvalue weighted by molar-refractivity contribution is -0.118. The lowest BCUT2D eigenvalue weighted by Gasteiger charge is -2.18. The third-order valence-corrected chi connectivity index (χ3v) is 6.54. The number of aromatic nitrogens is 3. The molecule has 1 saturated heterocycles. The molecular formula is C24H29N5OS. The minimum Gasteiger partial charge on any atom is -0.355 e. The van der Waals surface area contributed by atoms with Crippen LogP contribution in [-0.4, -0.2) is 46.1 Å². The molecule has 1 amide bonds. The summed E-state index contributed by atoms with van der Waals surface area (Å²) in [4.78, 5) is 14.7. The molecule has 31 heavy (non-hydrogen) atoms. The summed E-state index contributed by atoms with van der Waals surface area (Å²) in [6.07, 6.45) is 3.18. The summed E-state index contributed by atoms with van der Waals surface area (Å²) < 4.78 is 2.08. The smallest absolute Gasteiger partial charge is 0.232 e. The van der Waals surface area contributed by atoms with Crippen molar-refractivity contribution < 1.29 is 4.79 Å². The average Bonchev–Trinajstić information content (AvgIpc) is 3.44. The highest BCUT2D eigenvalue weighted by molar-refractivity contribution is 7.99. The molecule has 0 unspecified atom stereocenters. The van der Waals surface area contributed by atoms with Gasteiger partial charge in [0.25, 0.3) is 0 Å².